The van der Waals surface area contributed by atoms with Gasteiger partial charge in [-0.3, -0.25) is 9.53 Å². The number of rotatable bonds is 5. The average molecular weight is 335 g/mol. The van der Waals surface area contributed by atoms with Crippen LogP contribution in [0.2, 0.25) is 0 Å². The first-order chi connectivity index (χ1) is 11.5. The summed E-state index contributed by atoms with van der Waals surface area (Å²) < 4.78 is 22.7. The van der Waals surface area contributed by atoms with E-state index < -0.39 is 6.36 Å². The molecule has 0 radical (unpaired) electrons. The van der Waals surface area contributed by atoms with Gasteiger partial charge in [0.15, 0.2) is 0 Å². The van der Waals surface area contributed by atoms with E-state index in [0.717, 1.165) is 31.8 Å². The minimum Gasteiger partial charge on any atom is -0.461 e. The Morgan fingerprint density at radius 3 is 2.67 bits per heavy atom. The fourth-order valence-corrected chi connectivity index (χ4v) is 2.96. The van der Waals surface area contributed by atoms with Crippen LogP contribution < -0.4 is 9.64 Å². The van der Waals surface area contributed by atoms with Crippen LogP contribution in [0.1, 0.15) is 32.4 Å². The smallest absolute Gasteiger partial charge is 0.240 e. The molecule has 130 valence electrons. The van der Waals surface area contributed by atoms with Crippen molar-refractivity contribution in [3.8, 4) is 17.0 Å². The number of ether oxygens (including phenoxy) is 1. The van der Waals surface area contributed by atoms with E-state index >= 15 is 0 Å². The molecule has 1 aromatic carbocycles. The number of hydrogen-bond donors (Lipinski definition) is 0. The van der Waals surface area contributed by atoms with E-state index in [4.69, 9.17) is 9.37 Å². The quantitative estimate of drug-likeness (QED) is 0.786. The molecule has 7 heteroatoms. The standard InChI is InChI=1S/C17H22FN3O3/c1-12-7-9-20(10-8-12)11-16-17(21(22)24-19-16)14-3-5-15(6-4-14)23-13(2)18/h3-6,12-13H,7-11H2,1-2H3. The lowest BCUT2D eigenvalue weighted by molar-refractivity contribution is -0.793. The van der Waals surface area contributed by atoms with Gasteiger partial charge >= 0.3 is 0 Å². The molecule has 1 atom stereocenters. The molecule has 1 saturated heterocycles. The number of hydrogen-bond acceptors (Lipinski definition) is 5. The molecule has 0 amide bonds. The van der Waals surface area contributed by atoms with E-state index in [-0.39, 0.29) is 0 Å². The van der Waals surface area contributed by atoms with Crippen LogP contribution in [-0.2, 0) is 6.54 Å². The van der Waals surface area contributed by atoms with Crippen LogP contribution >= 0.6 is 0 Å². The third-order valence-corrected chi connectivity index (χ3v) is 4.36. The van der Waals surface area contributed by atoms with Gasteiger partial charge in [0.1, 0.15) is 5.75 Å². The maximum absolute atomic E-state index is 12.9. The molecule has 0 N–H and O–H groups in total. The van der Waals surface area contributed by atoms with Crippen LogP contribution in [0.3, 0.4) is 0 Å². The highest BCUT2D eigenvalue weighted by Crippen LogP contribution is 2.25. The summed E-state index contributed by atoms with van der Waals surface area (Å²) in [7, 11) is 0. The average Bonchev–Trinajstić information content (AvgIpc) is 2.91. The summed E-state index contributed by atoms with van der Waals surface area (Å²) >= 11 is 0. The van der Waals surface area contributed by atoms with Gasteiger partial charge in [0, 0.05) is 17.6 Å². The maximum Gasteiger partial charge on any atom is 0.240 e. The van der Waals surface area contributed by atoms with Crippen molar-refractivity contribution in [3.63, 3.8) is 0 Å². The van der Waals surface area contributed by atoms with Gasteiger partial charge in [-0.15, -0.1) is 0 Å². The van der Waals surface area contributed by atoms with Gasteiger partial charge in [-0.1, -0.05) is 6.92 Å². The van der Waals surface area contributed by atoms with Gasteiger partial charge in [-0.2, -0.15) is 0 Å². The molecular formula is C17H22FN3O3. The third kappa shape index (κ3) is 3.84. The number of nitrogens with zero attached hydrogens (tertiary/aromatic N) is 3. The fourth-order valence-electron chi connectivity index (χ4n) is 2.96. The molecule has 1 aliphatic heterocycles. The number of halogens is 1. The first kappa shape index (κ1) is 16.7. The van der Waals surface area contributed by atoms with Crippen LogP contribution in [0.4, 0.5) is 4.39 Å². The largest absolute Gasteiger partial charge is 0.461 e. The summed E-state index contributed by atoms with van der Waals surface area (Å²) in [6.07, 6.45) is 0.920. The van der Waals surface area contributed by atoms with E-state index in [9.17, 15) is 9.60 Å². The Morgan fingerprint density at radius 1 is 1.38 bits per heavy atom. The Labute approximate surface area is 140 Å². The predicted molar refractivity (Wildman–Crippen MR) is 85.8 cm³/mol. The van der Waals surface area contributed by atoms with Crippen molar-refractivity contribution in [2.45, 2.75) is 39.6 Å². The SMILES string of the molecule is CC1CCN(Cc2no[n+]([O-])c2-c2ccc(OC(C)F)cc2)CC1. The van der Waals surface area contributed by atoms with Gasteiger partial charge in [-0.25, -0.2) is 4.39 Å². The minimum atomic E-state index is -1.38. The fraction of sp³-hybridized carbons (Fsp3) is 0.529. The molecular weight excluding hydrogens is 313 g/mol. The van der Waals surface area contributed by atoms with E-state index in [2.05, 4.69) is 17.0 Å². The second-order valence-corrected chi connectivity index (χ2v) is 6.37. The van der Waals surface area contributed by atoms with Gasteiger partial charge in [0.05, 0.1) is 6.54 Å². The second-order valence-electron chi connectivity index (χ2n) is 6.37. The number of alkyl halides is 1. The molecule has 2 heterocycles. The normalized spacial score (nSPS) is 17.8. The zero-order chi connectivity index (χ0) is 17.1. The molecule has 2 aromatic rings. The van der Waals surface area contributed by atoms with Crippen molar-refractivity contribution in [2.75, 3.05) is 13.1 Å². The van der Waals surface area contributed by atoms with Crippen LogP contribution in [-0.4, -0.2) is 29.5 Å². The second kappa shape index (κ2) is 7.17. The van der Waals surface area contributed by atoms with Crippen LogP contribution in [0.25, 0.3) is 11.3 Å². The summed E-state index contributed by atoms with van der Waals surface area (Å²) in [5, 5.41) is 15.9. The van der Waals surface area contributed by atoms with E-state index in [1.54, 1.807) is 24.3 Å². The number of likely N-dealkylation sites (tertiary alicyclic amines) is 1. The van der Waals surface area contributed by atoms with Crippen molar-refractivity contribution >= 4 is 0 Å². The van der Waals surface area contributed by atoms with Crippen LogP contribution in [0, 0.1) is 11.1 Å². The van der Waals surface area contributed by atoms with Gasteiger partial charge in [0.2, 0.25) is 17.7 Å². The summed E-state index contributed by atoms with van der Waals surface area (Å²) in [4.78, 5) is 2.71. The highest BCUT2D eigenvalue weighted by atomic mass is 19.1. The molecule has 1 aliphatic rings. The Kier molecular flexibility index (Phi) is 4.99. The highest BCUT2D eigenvalue weighted by Gasteiger charge is 2.25. The number of benzene rings is 1. The lowest BCUT2D eigenvalue weighted by Gasteiger charge is -2.28. The van der Waals surface area contributed by atoms with E-state index in [1.165, 1.54) is 6.92 Å². The van der Waals surface area contributed by atoms with Crippen LogP contribution in [0.15, 0.2) is 28.9 Å². The van der Waals surface area contributed by atoms with E-state index in [0.29, 0.717) is 34.1 Å². The van der Waals surface area contributed by atoms with Gasteiger partial charge in [0.25, 0.3) is 0 Å². The van der Waals surface area contributed by atoms with Crippen molar-refractivity contribution in [2.24, 2.45) is 5.92 Å². The first-order valence-corrected chi connectivity index (χ1v) is 8.25. The molecule has 24 heavy (non-hydrogen) atoms. The van der Waals surface area contributed by atoms with Gasteiger partial charge in [-0.05, 0) is 61.0 Å². The van der Waals surface area contributed by atoms with Crippen molar-refractivity contribution in [3.05, 3.63) is 35.2 Å². The Balaban J connectivity index is 1.77. The Morgan fingerprint density at radius 2 is 2.04 bits per heavy atom. The molecule has 0 saturated carbocycles. The Bertz CT molecular complexity index is 664. The monoisotopic (exact) mass is 335 g/mol. The molecule has 0 aliphatic carbocycles. The summed E-state index contributed by atoms with van der Waals surface area (Å²) in [5.41, 5.74) is 1.69. The number of piperidine rings is 1. The summed E-state index contributed by atoms with van der Waals surface area (Å²) in [6.45, 7) is 6.14. The molecule has 3 rings (SSSR count). The molecule has 1 unspecified atom stereocenters. The van der Waals surface area contributed by atoms with E-state index in [1.807, 2.05) is 0 Å². The first-order valence-electron chi connectivity index (χ1n) is 8.25. The zero-order valence-electron chi connectivity index (χ0n) is 13.9. The lowest BCUT2D eigenvalue weighted by Crippen LogP contribution is -2.33. The molecule has 1 fully saturated rings. The lowest BCUT2D eigenvalue weighted by atomic mass is 9.99. The predicted octanol–water partition coefficient (Wildman–Crippen LogP) is 2.90. The van der Waals surface area contributed by atoms with Crippen molar-refractivity contribution < 1.29 is 18.7 Å². The minimum absolute atomic E-state index is 0.397. The molecule has 1 aromatic heterocycles. The molecule has 6 nitrogen and oxygen atoms in total. The van der Waals surface area contributed by atoms with Crippen molar-refractivity contribution in [1.29, 1.82) is 0 Å². The zero-order valence-corrected chi connectivity index (χ0v) is 13.9. The third-order valence-electron chi connectivity index (χ3n) is 4.36. The summed E-state index contributed by atoms with van der Waals surface area (Å²) in [5.74, 6) is 1.15. The highest BCUT2D eigenvalue weighted by molar-refractivity contribution is 5.59. The molecule has 0 spiro atoms. The van der Waals surface area contributed by atoms with Crippen molar-refractivity contribution in [1.82, 2.24) is 10.1 Å². The summed E-state index contributed by atoms with van der Waals surface area (Å²) in [6, 6.07) is 6.68. The van der Waals surface area contributed by atoms with Crippen LogP contribution in [0.5, 0.6) is 5.75 Å². The Hall–Kier alpha value is -2.15. The number of aromatic nitrogens is 2. The van der Waals surface area contributed by atoms with Gasteiger partial charge < -0.3 is 9.94 Å². The topological polar surface area (TPSA) is 65.4 Å². The molecule has 0 bridgehead atoms. The maximum atomic E-state index is 12.9.